The average molecular weight is 356 g/mol. The van der Waals surface area contributed by atoms with Gasteiger partial charge in [0.25, 0.3) is 5.56 Å². The van der Waals surface area contributed by atoms with E-state index in [-0.39, 0.29) is 43.2 Å². The van der Waals surface area contributed by atoms with E-state index >= 15 is 0 Å². The van der Waals surface area contributed by atoms with Crippen LogP contribution < -0.4 is 5.56 Å². The van der Waals surface area contributed by atoms with E-state index in [0.29, 0.717) is 0 Å². The summed E-state index contributed by atoms with van der Waals surface area (Å²) in [5, 5.41) is 9.41. The van der Waals surface area contributed by atoms with E-state index in [0.717, 1.165) is 0 Å². The number of H-pyrrole nitrogens is 1. The van der Waals surface area contributed by atoms with Crippen LogP contribution in [-0.2, 0) is 20.4 Å². The molecule has 1 fully saturated rings. The maximum Gasteiger partial charge on any atom is 0.695 e. The highest BCUT2D eigenvalue weighted by Gasteiger charge is 2.39. The van der Waals surface area contributed by atoms with E-state index in [2.05, 4.69) is 15.0 Å². The van der Waals surface area contributed by atoms with E-state index in [1.165, 1.54) is 22.1 Å². The first-order chi connectivity index (χ1) is 11.5. The Bertz CT molecular complexity index is 835. The topological polar surface area (TPSA) is 151 Å². The van der Waals surface area contributed by atoms with Crippen molar-refractivity contribution >= 4 is 25.3 Å². The van der Waals surface area contributed by atoms with Crippen LogP contribution >= 0.6 is 8.25 Å². The summed E-state index contributed by atoms with van der Waals surface area (Å²) >= 11 is 0. The lowest BCUT2D eigenvalue weighted by atomic mass is 10.2. The summed E-state index contributed by atoms with van der Waals surface area (Å²) in [5.74, 6) is -0.338. The van der Waals surface area contributed by atoms with E-state index < -0.39 is 26.0 Å². The van der Waals surface area contributed by atoms with Gasteiger partial charge >= 0.3 is 8.25 Å². The molecule has 0 aliphatic carbocycles. The van der Waals surface area contributed by atoms with Crippen LogP contribution in [-0.4, -0.2) is 65.6 Å². The summed E-state index contributed by atoms with van der Waals surface area (Å²) < 4.78 is 17.0. The molecule has 3 rings (SSSR count). The lowest BCUT2D eigenvalue weighted by Gasteiger charge is -2.22. The Labute approximate surface area is 135 Å². The third-order valence-corrected chi connectivity index (χ3v) is 4.34. The smallest absolute Gasteiger partial charge is 0.394 e. The zero-order valence-electron chi connectivity index (χ0n) is 12.4. The minimum absolute atomic E-state index is 0.104. The molecule has 1 aliphatic rings. The number of fused-ring (bicyclic) bond motifs is 1. The van der Waals surface area contributed by atoms with Crippen molar-refractivity contribution in [3.63, 3.8) is 0 Å². The maximum atomic E-state index is 12.5. The fourth-order valence-corrected chi connectivity index (χ4v) is 3.21. The van der Waals surface area contributed by atoms with Crippen molar-refractivity contribution in [2.24, 2.45) is 0 Å². The molecular weight excluding hydrogens is 341 g/mol. The minimum Gasteiger partial charge on any atom is -0.394 e. The molecule has 1 saturated heterocycles. The van der Waals surface area contributed by atoms with Crippen molar-refractivity contribution in [2.75, 3.05) is 13.2 Å². The minimum atomic E-state index is -2.77. The van der Waals surface area contributed by atoms with Crippen molar-refractivity contribution < 1.29 is 23.9 Å². The SMILES string of the molecule is O=C(Cn1cnc2c(=O)[nH]cnc21)N1C[C@H](O[P+](=O)O)C[C@H]1CO. The predicted octanol–water partition coefficient (Wildman–Crippen LogP) is -1.25. The number of hydrogen-bond donors (Lipinski definition) is 3. The van der Waals surface area contributed by atoms with Crippen LogP contribution in [0.1, 0.15) is 6.42 Å². The van der Waals surface area contributed by atoms with Crippen molar-refractivity contribution in [1.29, 1.82) is 0 Å². The molecule has 3 N–H and O–H groups in total. The lowest BCUT2D eigenvalue weighted by molar-refractivity contribution is -0.133. The molecule has 3 heterocycles. The van der Waals surface area contributed by atoms with Gasteiger partial charge in [0.1, 0.15) is 12.6 Å². The van der Waals surface area contributed by atoms with Gasteiger partial charge in [-0.05, 0) is 0 Å². The first-order valence-corrected chi connectivity index (χ1v) is 8.24. The zero-order chi connectivity index (χ0) is 17.3. The van der Waals surface area contributed by atoms with E-state index in [4.69, 9.17) is 9.42 Å². The molecular formula is C12H15N5O6P+. The van der Waals surface area contributed by atoms with Gasteiger partial charge in [0.15, 0.2) is 11.2 Å². The normalized spacial score (nSPS) is 21.4. The number of hydrogen-bond acceptors (Lipinski definition) is 7. The monoisotopic (exact) mass is 356 g/mol. The van der Waals surface area contributed by atoms with Gasteiger partial charge in [-0.2, -0.15) is 0 Å². The molecule has 1 unspecified atom stereocenters. The fraction of sp³-hybridized carbons (Fsp3) is 0.500. The van der Waals surface area contributed by atoms with Gasteiger partial charge in [-0.3, -0.25) is 9.59 Å². The molecule has 11 nitrogen and oxygen atoms in total. The Morgan fingerprint density at radius 3 is 3.00 bits per heavy atom. The van der Waals surface area contributed by atoms with Crippen molar-refractivity contribution in [2.45, 2.75) is 25.1 Å². The first kappa shape index (κ1) is 16.7. The van der Waals surface area contributed by atoms with E-state index in [1.807, 2.05) is 0 Å². The molecule has 0 aromatic carbocycles. The Balaban J connectivity index is 1.77. The summed E-state index contributed by atoms with van der Waals surface area (Å²) in [6.45, 7) is -0.301. The largest absolute Gasteiger partial charge is 0.695 e. The Kier molecular flexibility index (Phi) is 4.67. The van der Waals surface area contributed by atoms with Crippen LogP contribution in [0.2, 0.25) is 0 Å². The fourth-order valence-electron chi connectivity index (χ4n) is 2.80. The summed E-state index contributed by atoms with van der Waals surface area (Å²) in [4.78, 5) is 44.7. The second-order valence-electron chi connectivity index (χ2n) is 5.36. The highest BCUT2D eigenvalue weighted by Crippen LogP contribution is 2.28. The Morgan fingerprint density at radius 1 is 1.50 bits per heavy atom. The maximum absolute atomic E-state index is 12.5. The molecule has 0 saturated carbocycles. The highest BCUT2D eigenvalue weighted by molar-refractivity contribution is 7.32. The molecule has 128 valence electrons. The second kappa shape index (κ2) is 6.73. The predicted molar refractivity (Wildman–Crippen MR) is 80.1 cm³/mol. The van der Waals surface area contributed by atoms with Crippen molar-refractivity contribution in [3.8, 4) is 0 Å². The molecule has 3 atom stereocenters. The molecule has 0 bridgehead atoms. The second-order valence-corrected chi connectivity index (χ2v) is 6.05. The van der Waals surface area contributed by atoms with E-state index in [9.17, 15) is 19.3 Å². The number of aliphatic hydroxyl groups is 1. The van der Waals surface area contributed by atoms with Gasteiger partial charge in [0.05, 0.1) is 31.8 Å². The number of rotatable bonds is 5. The number of aliphatic hydroxyl groups excluding tert-OH is 1. The van der Waals surface area contributed by atoms with Gasteiger partial charge in [-0.1, -0.05) is 0 Å². The molecule has 0 radical (unpaired) electrons. The quantitative estimate of drug-likeness (QED) is 0.562. The number of nitrogens with zero attached hydrogens (tertiary/aromatic N) is 4. The van der Waals surface area contributed by atoms with Crippen LogP contribution in [0.5, 0.6) is 0 Å². The first-order valence-electron chi connectivity index (χ1n) is 7.11. The number of carbonyl (C=O) groups is 1. The van der Waals surface area contributed by atoms with Crippen LogP contribution in [0.15, 0.2) is 17.4 Å². The number of imidazole rings is 1. The standard InChI is InChI=1S/C12H14N5O6P/c18-4-7-1-8(23-24(21)22)2-17(7)9(19)3-16-6-15-10-11(16)13-5-14-12(10)20/h5-8,18H,1-4H2,(H-,13,14,20,21,22)/p+1/t7-,8+/m0/s1. The van der Waals surface area contributed by atoms with Crippen LogP contribution in [0.4, 0.5) is 0 Å². The number of nitrogens with one attached hydrogen (secondary N) is 1. The average Bonchev–Trinajstić information content (AvgIpc) is 3.12. The van der Waals surface area contributed by atoms with Gasteiger partial charge < -0.3 is 19.6 Å². The molecule has 1 amide bonds. The van der Waals surface area contributed by atoms with Gasteiger partial charge in [0.2, 0.25) is 5.91 Å². The highest BCUT2D eigenvalue weighted by atomic mass is 31.1. The van der Waals surface area contributed by atoms with E-state index in [1.54, 1.807) is 0 Å². The molecule has 12 heteroatoms. The van der Waals surface area contributed by atoms with Gasteiger partial charge in [0, 0.05) is 11.0 Å². The Hall–Kier alpha value is -2.20. The molecule has 2 aromatic heterocycles. The van der Waals surface area contributed by atoms with Crippen LogP contribution in [0.3, 0.4) is 0 Å². The number of likely N-dealkylation sites (tertiary alicyclic amines) is 1. The summed E-state index contributed by atoms with van der Waals surface area (Å²) in [6, 6.07) is -0.497. The Morgan fingerprint density at radius 2 is 2.29 bits per heavy atom. The van der Waals surface area contributed by atoms with Crippen LogP contribution in [0.25, 0.3) is 11.2 Å². The third kappa shape index (κ3) is 3.20. The zero-order valence-corrected chi connectivity index (χ0v) is 13.3. The molecule has 2 aromatic rings. The summed E-state index contributed by atoms with van der Waals surface area (Å²) in [5.41, 5.74) is 0.00261. The number of amides is 1. The third-order valence-electron chi connectivity index (χ3n) is 3.86. The summed E-state index contributed by atoms with van der Waals surface area (Å²) in [6.07, 6.45) is 2.22. The number of aromatic amines is 1. The lowest BCUT2D eigenvalue weighted by Crippen LogP contribution is -2.40. The molecule has 24 heavy (non-hydrogen) atoms. The molecule has 0 spiro atoms. The summed E-state index contributed by atoms with van der Waals surface area (Å²) in [7, 11) is -2.77. The number of carbonyl (C=O) groups excluding carboxylic acids is 1. The number of aromatic nitrogens is 4. The van der Waals surface area contributed by atoms with Gasteiger partial charge in [-0.15, -0.1) is 9.42 Å². The van der Waals surface area contributed by atoms with Crippen molar-refractivity contribution in [1.82, 2.24) is 24.4 Å². The molecule has 1 aliphatic heterocycles. The van der Waals surface area contributed by atoms with Gasteiger partial charge in [-0.25, -0.2) is 9.97 Å². The van der Waals surface area contributed by atoms with Crippen LogP contribution in [0, 0.1) is 0 Å². The van der Waals surface area contributed by atoms with Crippen molar-refractivity contribution in [3.05, 3.63) is 23.0 Å².